The van der Waals surface area contributed by atoms with Gasteiger partial charge in [-0.1, -0.05) is 12.1 Å². The number of amides is 2. The van der Waals surface area contributed by atoms with Crippen LogP contribution in [0.2, 0.25) is 0 Å². The Morgan fingerprint density at radius 2 is 1.84 bits per heavy atom. The molecule has 0 bridgehead atoms. The number of benzene rings is 1. The number of hydrogen-bond acceptors (Lipinski definition) is 6. The number of anilines is 1. The molecule has 2 amide bonds. The van der Waals surface area contributed by atoms with E-state index in [2.05, 4.69) is 27.9 Å². The maximum absolute atomic E-state index is 12.8. The van der Waals surface area contributed by atoms with Crippen molar-refractivity contribution in [1.29, 1.82) is 0 Å². The van der Waals surface area contributed by atoms with Crippen LogP contribution >= 0.6 is 12.6 Å². The van der Waals surface area contributed by atoms with Gasteiger partial charge in [-0.05, 0) is 48.4 Å². The molecule has 4 heterocycles. The third kappa shape index (κ3) is 4.89. The van der Waals surface area contributed by atoms with Gasteiger partial charge < -0.3 is 14.8 Å². The normalized spacial score (nSPS) is 15.4. The fourth-order valence-corrected chi connectivity index (χ4v) is 4.77. The molecule has 3 aromatic heterocycles. The van der Waals surface area contributed by atoms with Gasteiger partial charge in [0.05, 0.1) is 12.4 Å². The van der Waals surface area contributed by atoms with E-state index in [0.29, 0.717) is 42.7 Å². The van der Waals surface area contributed by atoms with Crippen LogP contribution in [0.5, 0.6) is 0 Å². The van der Waals surface area contributed by atoms with Gasteiger partial charge in [-0.15, -0.1) is 0 Å². The minimum Gasteiger partial charge on any atom is -0.338 e. The summed E-state index contributed by atoms with van der Waals surface area (Å²) in [6.45, 7) is 1.26. The summed E-state index contributed by atoms with van der Waals surface area (Å²) in [5, 5.41) is 7.91. The van der Waals surface area contributed by atoms with Gasteiger partial charge >= 0.3 is 0 Å². The summed E-state index contributed by atoms with van der Waals surface area (Å²) in [7, 11) is 0. The maximum Gasteiger partial charge on any atom is 0.275 e. The molecule has 0 unspecified atom stereocenters. The first-order valence-corrected chi connectivity index (χ1v) is 13.1. The molecule has 1 aliphatic carbocycles. The summed E-state index contributed by atoms with van der Waals surface area (Å²) in [4.78, 5) is 35.3. The number of likely N-dealkylation sites (tertiary alicyclic amines) is 1. The third-order valence-electron chi connectivity index (χ3n) is 6.83. The van der Waals surface area contributed by atoms with E-state index >= 15 is 0 Å². The van der Waals surface area contributed by atoms with E-state index in [1.807, 2.05) is 62.9 Å². The van der Waals surface area contributed by atoms with Crippen molar-refractivity contribution < 1.29 is 9.59 Å². The summed E-state index contributed by atoms with van der Waals surface area (Å²) >= 11 is 4.17. The molecule has 188 valence electrons. The third-order valence-corrected chi connectivity index (χ3v) is 7.06. The molecule has 1 aliphatic heterocycles. The lowest BCUT2D eigenvalue weighted by atomic mass is 10.0. The van der Waals surface area contributed by atoms with Gasteiger partial charge in [0.25, 0.3) is 5.91 Å². The summed E-state index contributed by atoms with van der Waals surface area (Å²) in [5.41, 5.74) is 4.73. The summed E-state index contributed by atoms with van der Waals surface area (Å²) in [6, 6.07) is 12.2. The quantitative estimate of drug-likeness (QED) is 0.346. The molecule has 1 N–H and O–H groups in total. The second-order valence-electron chi connectivity index (χ2n) is 9.51. The largest absolute Gasteiger partial charge is 0.338 e. The number of carbonyl (C=O) groups excluding carboxylic acids is 2. The number of thiol groups is 1. The SMILES string of the molecule is O=C(Nc1cccc(-c2nn(C3CN(C(=O)CCS)C3)cc2-c2ccncc2)c1)c1cn(C2CC2)cn1. The number of imidazole rings is 1. The van der Waals surface area contributed by atoms with Crippen LogP contribution in [0.15, 0.2) is 67.5 Å². The van der Waals surface area contributed by atoms with Crippen molar-refractivity contribution in [3.63, 3.8) is 0 Å². The van der Waals surface area contributed by atoms with Crippen molar-refractivity contribution >= 4 is 30.1 Å². The van der Waals surface area contributed by atoms with Crippen molar-refractivity contribution in [2.45, 2.75) is 31.3 Å². The van der Waals surface area contributed by atoms with Crippen LogP contribution in [0, 0.1) is 0 Å². The van der Waals surface area contributed by atoms with E-state index in [9.17, 15) is 9.59 Å². The van der Waals surface area contributed by atoms with Gasteiger partial charge in [-0.2, -0.15) is 17.7 Å². The second kappa shape index (κ2) is 9.85. The topological polar surface area (TPSA) is 97.9 Å². The Labute approximate surface area is 219 Å². The van der Waals surface area contributed by atoms with Crippen molar-refractivity contribution in [3.05, 3.63) is 73.2 Å². The van der Waals surface area contributed by atoms with Crippen LogP contribution in [0.4, 0.5) is 5.69 Å². The van der Waals surface area contributed by atoms with Crippen LogP contribution in [-0.4, -0.2) is 59.9 Å². The highest BCUT2D eigenvalue weighted by Crippen LogP contribution is 2.35. The van der Waals surface area contributed by atoms with Crippen molar-refractivity contribution in [1.82, 2.24) is 29.2 Å². The van der Waals surface area contributed by atoms with Crippen molar-refractivity contribution in [3.8, 4) is 22.4 Å². The molecule has 2 fully saturated rings. The average Bonchev–Trinajstić information content (AvgIpc) is 3.44. The lowest BCUT2D eigenvalue weighted by molar-refractivity contribution is -0.136. The highest BCUT2D eigenvalue weighted by atomic mass is 32.1. The molecule has 1 aromatic carbocycles. The number of nitrogens with one attached hydrogen (secondary N) is 1. The van der Waals surface area contributed by atoms with Crippen LogP contribution in [0.25, 0.3) is 22.4 Å². The van der Waals surface area contributed by atoms with Crippen LogP contribution < -0.4 is 5.32 Å². The van der Waals surface area contributed by atoms with E-state index < -0.39 is 0 Å². The molecule has 37 heavy (non-hydrogen) atoms. The van der Waals surface area contributed by atoms with Gasteiger partial charge in [0.2, 0.25) is 5.91 Å². The minimum atomic E-state index is -0.239. The Morgan fingerprint density at radius 3 is 2.59 bits per heavy atom. The van der Waals surface area contributed by atoms with Gasteiger partial charge in [0.15, 0.2) is 0 Å². The first kappa shape index (κ1) is 23.5. The van der Waals surface area contributed by atoms with E-state index in [1.54, 1.807) is 18.7 Å². The Kier molecular flexibility index (Phi) is 6.25. The Morgan fingerprint density at radius 1 is 1.03 bits per heavy atom. The van der Waals surface area contributed by atoms with E-state index in [1.165, 1.54) is 0 Å². The molecular weight excluding hydrogens is 486 g/mol. The first-order chi connectivity index (χ1) is 18.1. The van der Waals surface area contributed by atoms with Crippen LogP contribution in [0.1, 0.15) is 41.8 Å². The predicted molar refractivity (Wildman–Crippen MR) is 143 cm³/mol. The molecular formula is C27H27N7O2S. The zero-order valence-corrected chi connectivity index (χ0v) is 21.1. The number of hydrogen-bond donors (Lipinski definition) is 2. The standard InChI is InChI=1S/C27H27N7O2S/c35-25(8-11-37)32-13-22(14-32)34-15-23(18-6-9-28-10-7-18)26(31-34)19-2-1-3-20(12-19)30-27(36)24-16-33(17-29-24)21-4-5-21/h1-3,6-7,9-10,12,15-17,21-22,37H,4-5,8,11,13-14H2,(H,30,36). The summed E-state index contributed by atoms with van der Waals surface area (Å²) in [6.07, 6.45) is 11.8. The fourth-order valence-electron chi connectivity index (χ4n) is 4.58. The molecule has 10 heteroatoms. The number of pyridine rings is 1. The lowest BCUT2D eigenvalue weighted by Gasteiger charge is -2.39. The fraction of sp³-hybridized carbons (Fsp3) is 0.296. The molecule has 4 aromatic rings. The maximum atomic E-state index is 12.8. The van der Waals surface area contributed by atoms with Gasteiger partial charge in [-0.25, -0.2) is 4.98 Å². The highest BCUT2D eigenvalue weighted by molar-refractivity contribution is 7.80. The van der Waals surface area contributed by atoms with E-state index in [0.717, 1.165) is 35.2 Å². The molecule has 1 saturated heterocycles. The summed E-state index contributed by atoms with van der Waals surface area (Å²) in [5.74, 6) is 0.434. The van der Waals surface area contributed by atoms with Gasteiger partial charge in [0, 0.05) is 67.2 Å². The van der Waals surface area contributed by atoms with Gasteiger partial charge in [0.1, 0.15) is 11.4 Å². The number of carbonyl (C=O) groups is 2. The zero-order chi connectivity index (χ0) is 25.4. The second-order valence-corrected chi connectivity index (χ2v) is 9.95. The molecule has 1 saturated carbocycles. The Balaban J connectivity index is 1.26. The Bertz CT molecular complexity index is 1440. The monoisotopic (exact) mass is 513 g/mol. The number of rotatable bonds is 8. The van der Waals surface area contributed by atoms with E-state index in [4.69, 9.17) is 5.10 Å². The smallest absolute Gasteiger partial charge is 0.275 e. The highest BCUT2D eigenvalue weighted by Gasteiger charge is 2.33. The molecule has 9 nitrogen and oxygen atoms in total. The minimum absolute atomic E-state index is 0.114. The number of nitrogens with zero attached hydrogens (tertiary/aromatic N) is 6. The molecule has 0 atom stereocenters. The first-order valence-electron chi connectivity index (χ1n) is 12.4. The van der Waals surface area contributed by atoms with Gasteiger partial charge in [-0.3, -0.25) is 19.3 Å². The molecule has 0 spiro atoms. The zero-order valence-electron chi connectivity index (χ0n) is 20.2. The average molecular weight is 514 g/mol. The van der Waals surface area contributed by atoms with Crippen molar-refractivity contribution in [2.24, 2.45) is 0 Å². The number of aromatic nitrogens is 5. The lowest BCUT2D eigenvalue weighted by Crippen LogP contribution is -2.50. The molecule has 6 rings (SSSR count). The molecule has 0 radical (unpaired) electrons. The predicted octanol–water partition coefficient (Wildman–Crippen LogP) is 4.10. The van der Waals surface area contributed by atoms with Crippen molar-refractivity contribution in [2.75, 3.05) is 24.2 Å². The summed E-state index contributed by atoms with van der Waals surface area (Å²) < 4.78 is 3.96. The van der Waals surface area contributed by atoms with Crippen LogP contribution in [0.3, 0.4) is 0 Å². The molecule has 2 aliphatic rings. The Hall–Kier alpha value is -3.92. The van der Waals surface area contributed by atoms with Crippen LogP contribution in [-0.2, 0) is 4.79 Å². The van der Waals surface area contributed by atoms with E-state index in [-0.39, 0.29) is 17.9 Å².